The Labute approximate surface area is 152 Å². The van der Waals surface area contributed by atoms with Crippen LogP contribution >= 0.6 is 15.9 Å². The second-order valence-corrected chi connectivity index (χ2v) is 7.13. The van der Waals surface area contributed by atoms with E-state index in [-0.39, 0.29) is 5.97 Å². The Morgan fingerprint density at radius 1 is 0.826 bits per heavy atom. The molecule has 0 aliphatic carbocycles. The van der Waals surface area contributed by atoms with E-state index in [1.807, 2.05) is 0 Å². The Morgan fingerprint density at radius 2 is 1.43 bits per heavy atom. The van der Waals surface area contributed by atoms with Gasteiger partial charge in [-0.3, -0.25) is 0 Å². The van der Waals surface area contributed by atoms with E-state index in [4.69, 9.17) is 4.74 Å². The van der Waals surface area contributed by atoms with E-state index in [1.54, 1.807) is 6.08 Å². The van der Waals surface area contributed by atoms with Crippen LogP contribution in [0.4, 0.5) is 0 Å². The summed E-state index contributed by atoms with van der Waals surface area (Å²) < 4.78 is 5.35. The summed E-state index contributed by atoms with van der Waals surface area (Å²) in [7, 11) is 0. The first-order chi connectivity index (χ1) is 11.2. The molecule has 0 radical (unpaired) electrons. The smallest absolute Gasteiger partial charge is 0.330 e. The van der Waals surface area contributed by atoms with Crippen LogP contribution in [0.25, 0.3) is 0 Å². The van der Waals surface area contributed by atoms with Crippen LogP contribution in [0.2, 0.25) is 0 Å². The Kier molecular flexibility index (Phi) is 17.8. The largest absolute Gasteiger partial charge is 0.463 e. The maximum absolute atomic E-state index is 11.9. The fourth-order valence-corrected chi connectivity index (χ4v) is 2.96. The van der Waals surface area contributed by atoms with Gasteiger partial charge >= 0.3 is 5.97 Å². The first kappa shape index (κ1) is 22.7. The number of carbonyl (C=O) groups excluding carboxylic acids is 1. The van der Waals surface area contributed by atoms with Crippen LogP contribution in [0.3, 0.4) is 0 Å². The van der Waals surface area contributed by atoms with Crippen LogP contribution in [0.1, 0.15) is 97.3 Å². The number of hydrogen-bond donors (Lipinski definition) is 0. The fourth-order valence-electron chi connectivity index (χ4n) is 2.56. The highest BCUT2D eigenvalue weighted by Gasteiger charge is 2.04. The third-order valence-corrected chi connectivity index (χ3v) is 4.61. The number of carbonyl (C=O) groups is 1. The minimum Gasteiger partial charge on any atom is -0.463 e. The molecule has 0 aliphatic heterocycles. The quantitative estimate of drug-likeness (QED) is 0.123. The van der Waals surface area contributed by atoms with Gasteiger partial charge in [0.1, 0.15) is 0 Å². The number of halogens is 1. The minimum absolute atomic E-state index is 0.134. The normalized spacial score (nSPS) is 11.7. The van der Waals surface area contributed by atoms with Crippen LogP contribution in [0, 0.1) is 0 Å². The van der Waals surface area contributed by atoms with Gasteiger partial charge in [0.25, 0.3) is 0 Å². The van der Waals surface area contributed by atoms with Crippen molar-refractivity contribution >= 4 is 21.9 Å². The van der Waals surface area contributed by atoms with Crippen molar-refractivity contribution in [3.63, 3.8) is 0 Å². The molecule has 0 aromatic rings. The summed E-state index contributed by atoms with van der Waals surface area (Å²) in [5, 5.41) is 1.06. The Balaban J connectivity index is 3.98. The van der Waals surface area contributed by atoms with Crippen molar-refractivity contribution in [1.82, 2.24) is 0 Å². The number of ether oxygens (including phenoxy) is 1. The summed E-state index contributed by atoms with van der Waals surface area (Å²) in [6.45, 7) is 5.00. The van der Waals surface area contributed by atoms with E-state index in [1.165, 1.54) is 63.4 Å². The zero-order chi connectivity index (χ0) is 17.2. The molecule has 0 aromatic carbocycles. The van der Waals surface area contributed by atoms with E-state index < -0.39 is 0 Å². The van der Waals surface area contributed by atoms with Crippen molar-refractivity contribution in [2.45, 2.75) is 97.3 Å². The molecule has 0 fully saturated rings. The molecule has 3 heteroatoms. The molecular formula is C20H37BrO2. The van der Waals surface area contributed by atoms with E-state index in [0.29, 0.717) is 6.61 Å². The van der Waals surface area contributed by atoms with Gasteiger partial charge in [-0.25, -0.2) is 4.79 Å². The average Bonchev–Trinajstić information content (AvgIpc) is 2.55. The fraction of sp³-hybridized carbons (Fsp3) is 0.850. The third kappa shape index (κ3) is 16.3. The van der Waals surface area contributed by atoms with Gasteiger partial charge in [0.05, 0.1) is 6.61 Å². The number of unbranched alkanes of at least 4 members (excludes halogenated alkanes) is 8. The van der Waals surface area contributed by atoms with Crippen molar-refractivity contribution < 1.29 is 9.53 Å². The molecule has 0 atom stereocenters. The number of esters is 1. The lowest BCUT2D eigenvalue weighted by Crippen LogP contribution is -2.04. The predicted molar refractivity (Wildman–Crippen MR) is 104 cm³/mol. The summed E-state index contributed by atoms with van der Waals surface area (Å²) in [6, 6.07) is 0. The van der Waals surface area contributed by atoms with E-state index in [0.717, 1.165) is 31.0 Å². The average molecular weight is 389 g/mol. The minimum atomic E-state index is -0.134. The number of alkyl halides is 1. The highest BCUT2D eigenvalue weighted by Crippen LogP contribution is 2.17. The highest BCUT2D eigenvalue weighted by atomic mass is 79.9. The van der Waals surface area contributed by atoms with Gasteiger partial charge in [-0.1, -0.05) is 80.3 Å². The molecule has 0 saturated heterocycles. The summed E-state index contributed by atoms with van der Waals surface area (Å²) in [6.07, 6.45) is 17.2. The molecule has 0 amide bonds. The van der Waals surface area contributed by atoms with Gasteiger partial charge in [0, 0.05) is 11.4 Å². The van der Waals surface area contributed by atoms with E-state index >= 15 is 0 Å². The molecule has 136 valence electrons. The summed E-state index contributed by atoms with van der Waals surface area (Å²) in [5.41, 5.74) is 1.28. The first-order valence-electron chi connectivity index (χ1n) is 9.66. The van der Waals surface area contributed by atoms with Gasteiger partial charge in [0.15, 0.2) is 0 Å². The second kappa shape index (κ2) is 18.0. The first-order valence-corrected chi connectivity index (χ1v) is 10.8. The molecule has 0 N–H and O–H groups in total. The molecule has 0 bridgehead atoms. The lowest BCUT2D eigenvalue weighted by Gasteiger charge is -2.08. The zero-order valence-corrected chi connectivity index (χ0v) is 17.0. The van der Waals surface area contributed by atoms with Crippen LogP contribution in [-0.4, -0.2) is 17.9 Å². The zero-order valence-electron chi connectivity index (χ0n) is 15.4. The number of allylic oxidation sites excluding steroid dienone is 1. The van der Waals surface area contributed by atoms with E-state index in [2.05, 4.69) is 29.8 Å². The monoisotopic (exact) mass is 388 g/mol. The molecule has 0 heterocycles. The summed E-state index contributed by atoms with van der Waals surface area (Å²) in [4.78, 5) is 11.9. The lowest BCUT2D eigenvalue weighted by atomic mass is 10.0. The van der Waals surface area contributed by atoms with Gasteiger partial charge < -0.3 is 4.74 Å². The summed E-state index contributed by atoms with van der Waals surface area (Å²) in [5.74, 6) is -0.134. The molecule has 23 heavy (non-hydrogen) atoms. The predicted octanol–water partition coefficient (Wildman–Crippen LogP) is 6.96. The van der Waals surface area contributed by atoms with Crippen molar-refractivity contribution in [2.75, 3.05) is 11.9 Å². The molecule has 0 aromatic heterocycles. The van der Waals surface area contributed by atoms with Gasteiger partial charge in [0.2, 0.25) is 0 Å². The lowest BCUT2D eigenvalue weighted by molar-refractivity contribution is -0.137. The van der Waals surface area contributed by atoms with Crippen LogP contribution in [-0.2, 0) is 9.53 Å². The molecule has 0 saturated carbocycles. The van der Waals surface area contributed by atoms with Crippen LogP contribution in [0.15, 0.2) is 11.6 Å². The molecule has 0 spiro atoms. The Morgan fingerprint density at radius 3 is 2.13 bits per heavy atom. The van der Waals surface area contributed by atoms with Crippen molar-refractivity contribution in [3.05, 3.63) is 11.6 Å². The standard InChI is InChI=1S/C20H37BrO2/c1-3-5-7-8-11-15-19(14-6-4-2)18-20(22)23-17-13-10-9-12-16-21/h18H,3-17H2,1-2H3/b19-18+. The van der Waals surface area contributed by atoms with Gasteiger partial charge in [-0.15, -0.1) is 0 Å². The second-order valence-electron chi connectivity index (χ2n) is 6.34. The van der Waals surface area contributed by atoms with Gasteiger partial charge in [-0.2, -0.15) is 0 Å². The van der Waals surface area contributed by atoms with Gasteiger partial charge in [-0.05, 0) is 38.5 Å². The van der Waals surface area contributed by atoms with Crippen molar-refractivity contribution in [3.8, 4) is 0 Å². The topological polar surface area (TPSA) is 26.3 Å². The van der Waals surface area contributed by atoms with Crippen LogP contribution in [0.5, 0.6) is 0 Å². The Hall–Kier alpha value is -0.310. The third-order valence-electron chi connectivity index (χ3n) is 4.05. The summed E-state index contributed by atoms with van der Waals surface area (Å²) >= 11 is 3.43. The maximum atomic E-state index is 11.9. The number of hydrogen-bond acceptors (Lipinski definition) is 2. The SMILES string of the molecule is CCCCCCC/C(=C/C(=O)OCCCCCCBr)CCCC. The molecule has 2 nitrogen and oxygen atoms in total. The number of rotatable bonds is 16. The molecule has 0 rings (SSSR count). The molecule has 0 aliphatic rings. The highest BCUT2D eigenvalue weighted by molar-refractivity contribution is 9.09. The maximum Gasteiger partial charge on any atom is 0.330 e. The molecular weight excluding hydrogens is 352 g/mol. The van der Waals surface area contributed by atoms with E-state index in [9.17, 15) is 4.79 Å². The van der Waals surface area contributed by atoms with Crippen molar-refractivity contribution in [2.24, 2.45) is 0 Å². The molecule has 0 unspecified atom stereocenters. The Bertz CT molecular complexity index is 300. The van der Waals surface area contributed by atoms with Crippen molar-refractivity contribution in [1.29, 1.82) is 0 Å². The van der Waals surface area contributed by atoms with Crippen LogP contribution < -0.4 is 0 Å².